The fourth-order valence-corrected chi connectivity index (χ4v) is 3.57. The van der Waals surface area contributed by atoms with E-state index in [4.69, 9.17) is 0 Å². The van der Waals surface area contributed by atoms with Crippen LogP contribution < -0.4 is 10.0 Å². The summed E-state index contributed by atoms with van der Waals surface area (Å²) < 4.78 is 40.6. The highest BCUT2D eigenvalue weighted by atomic mass is 32.2. The third-order valence-corrected chi connectivity index (χ3v) is 5.18. The van der Waals surface area contributed by atoms with Crippen LogP contribution in [0.1, 0.15) is 17.4 Å². The van der Waals surface area contributed by atoms with Gasteiger partial charge in [0.15, 0.2) is 0 Å². The molecular formula is C14H17FN2O2S2. The van der Waals surface area contributed by atoms with Crippen LogP contribution in [0.2, 0.25) is 0 Å². The number of rotatable bonds is 7. The Labute approximate surface area is 128 Å². The van der Waals surface area contributed by atoms with E-state index in [9.17, 15) is 12.8 Å². The van der Waals surface area contributed by atoms with Crippen LogP contribution in [-0.2, 0) is 23.1 Å². The normalized spacial score (nSPS) is 11.7. The number of hydrogen-bond acceptors (Lipinski definition) is 4. The molecule has 0 atom stereocenters. The maximum atomic E-state index is 13.6. The van der Waals surface area contributed by atoms with Crippen LogP contribution in [0.3, 0.4) is 0 Å². The molecule has 0 fully saturated rings. The molecule has 0 aliphatic carbocycles. The van der Waals surface area contributed by atoms with Crippen molar-refractivity contribution in [2.24, 2.45) is 0 Å². The number of thiophene rings is 1. The Kier molecular flexibility index (Phi) is 5.46. The van der Waals surface area contributed by atoms with Gasteiger partial charge in [0, 0.05) is 23.5 Å². The van der Waals surface area contributed by atoms with E-state index >= 15 is 0 Å². The average molecular weight is 328 g/mol. The standard InChI is InChI=1S/C14H17FN2O2S2/c1-2-16-9-11-8-13(5-6-14(11)15)21(18,19)17-10-12-4-3-7-20-12/h3-8,16-17H,2,9-10H2,1H3. The molecule has 0 unspecified atom stereocenters. The molecule has 2 rings (SSSR count). The molecular weight excluding hydrogens is 311 g/mol. The van der Waals surface area contributed by atoms with Crippen LogP contribution >= 0.6 is 11.3 Å². The largest absolute Gasteiger partial charge is 0.313 e. The molecule has 2 N–H and O–H groups in total. The van der Waals surface area contributed by atoms with E-state index in [0.717, 1.165) is 4.88 Å². The summed E-state index contributed by atoms with van der Waals surface area (Å²) in [6.07, 6.45) is 0. The van der Waals surface area contributed by atoms with Crippen molar-refractivity contribution in [3.05, 3.63) is 52.0 Å². The maximum absolute atomic E-state index is 13.6. The molecule has 114 valence electrons. The molecule has 0 bridgehead atoms. The average Bonchev–Trinajstić information content (AvgIpc) is 2.97. The highest BCUT2D eigenvalue weighted by Gasteiger charge is 2.16. The third kappa shape index (κ3) is 4.34. The molecule has 0 saturated carbocycles. The van der Waals surface area contributed by atoms with E-state index < -0.39 is 15.8 Å². The van der Waals surface area contributed by atoms with Crippen molar-refractivity contribution < 1.29 is 12.8 Å². The first-order chi connectivity index (χ1) is 10.0. The molecule has 21 heavy (non-hydrogen) atoms. The molecule has 0 aliphatic heterocycles. The summed E-state index contributed by atoms with van der Waals surface area (Å²) in [5.41, 5.74) is 0.343. The summed E-state index contributed by atoms with van der Waals surface area (Å²) in [4.78, 5) is 1.00. The topological polar surface area (TPSA) is 58.2 Å². The summed E-state index contributed by atoms with van der Waals surface area (Å²) in [6.45, 7) is 3.13. The molecule has 4 nitrogen and oxygen atoms in total. The van der Waals surface area contributed by atoms with Crippen molar-refractivity contribution >= 4 is 21.4 Å². The Hall–Kier alpha value is -1.28. The molecule has 0 saturated heterocycles. The summed E-state index contributed by atoms with van der Waals surface area (Å²) in [5.74, 6) is -0.409. The van der Waals surface area contributed by atoms with Crippen LogP contribution in [-0.4, -0.2) is 15.0 Å². The van der Waals surface area contributed by atoms with Gasteiger partial charge in [0.1, 0.15) is 5.82 Å². The Morgan fingerprint density at radius 1 is 1.24 bits per heavy atom. The Morgan fingerprint density at radius 2 is 2.05 bits per heavy atom. The van der Waals surface area contributed by atoms with Crippen molar-refractivity contribution in [1.82, 2.24) is 10.0 Å². The monoisotopic (exact) mass is 328 g/mol. The van der Waals surface area contributed by atoms with Crippen LogP contribution in [0, 0.1) is 5.82 Å². The van der Waals surface area contributed by atoms with Crippen molar-refractivity contribution in [3.8, 4) is 0 Å². The van der Waals surface area contributed by atoms with Gasteiger partial charge < -0.3 is 5.32 Å². The SMILES string of the molecule is CCNCc1cc(S(=O)(=O)NCc2cccs2)ccc1F. The van der Waals surface area contributed by atoms with Gasteiger partial charge in [-0.15, -0.1) is 11.3 Å². The molecule has 1 aromatic heterocycles. The summed E-state index contributed by atoms with van der Waals surface area (Å²) in [6, 6.07) is 7.55. The minimum absolute atomic E-state index is 0.0772. The van der Waals surface area contributed by atoms with Crippen LogP contribution in [0.5, 0.6) is 0 Å². The number of nitrogens with one attached hydrogen (secondary N) is 2. The van der Waals surface area contributed by atoms with E-state index in [2.05, 4.69) is 10.0 Å². The third-order valence-electron chi connectivity index (χ3n) is 2.91. The predicted molar refractivity (Wildman–Crippen MR) is 82.1 cm³/mol. The Morgan fingerprint density at radius 3 is 2.71 bits per heavy atom. The van der Waals surface area contributed by atoms with Gasteiger partial charge in [-0.2, -0.15) is 0 Å². The summed E-state index contributed by atoms with van der Waals surface area (Å²) in [7, 11) is -3.64. The molecule has 0 amide bonds. The smallest absolute Gasteiger partial charge is 0.240 e. The van der Waals surface area contributed by atoms with Gasteiger partial charge >= 0.3 is 0 Å². The highest BCUT2D eigenvalue weighted by molar-refractivity contribution is 7.89. The van der Waals surface area contributed by atoms with Crippen LogP contribution in [0.15, 0.2) is 40.6 Å². The molecule has 0 radical (unpaired) electrons. The molecule has 1 aromatic carbocycles. The van der Waals surface area contributed by atoms with Crippen LogP contribution in [0.4, 0.5) is 4.39 Å². The quantitative estimate of drug-likeness (QED) is 0.821. The van der Waals surface area contributed by atoms with Crippen molar-refractivity contribution in [1.29, 1.82) is 0 Å². The van der Waals surface area contributed by atoms with Gasteiger partial charge in [0.2, 0.25) is 10.0 Å². The van der Waals surface area contributed by atoms with Gasteiger partial charge in [0.25, 0.3) is 0 Å². The zero-order valence-corrected chi connectivity index (χ0v) is 13.2. The molecule has 2 aromatic rings. The van der Waals surface area contributed by atoms with E-state index in [-0.39, 0.29) is 11.4 Å². The second-order valence-electron chi connectivity index (χ2n) is 4.44. The first kappa shape index (κ1) is 16.1. The van der Waals surface area contributed by atoms with Gasteiger partial charge in [-0.05, 0) is 36.2 Å². The van der Waals surface area contributed by atoms with Gasteiger partial charge in [-0.1, -0.05) is 13.0 Å². The first-order valence-electron chi connectivity index (χ1n) is 6.54. The van der Waals surface area contributed by atoms with Crippen LogP contribution in [0.25, 0.3) is 0 Å². The fraction of sp³-hybridized carbons (Fsp3) is 0.286. The van der Waals surface area contributed by atoms with E-state index in [1.807, 2.05) is 24.4 Å². The van der Waals surface area contributed by atoms with Crippen molar-refractivity contribution in [2.45, 2.75) is 24.9 Å². The van der Waals surface area contributed by atoms with Gasteiger partial charge in [0.05, 0.1) is 4.90 Å². The molecule has 7 heteroatoms. The lowest BCUT2D eigenvalue weighted by Crippen LogP contribution is -2.23. The predicted octanol–water partition coefficient (Wildman–Crippen LogP) is 2.48. The summed E-state index contributed by atoms with van der Waals surface area (Å²) in [5, 5.41) is 4.87. The first-order valence-corrected chi connectivity index (χ1v) is 8.90. The van der Waals surface area contributed by atoms with Crippen molar-refractivity contribution in [2.75, 3.05) is 6.54 Å². The Balaban J connectivity index is 2.15. The number of sulfonamides is 1. The lowest BCUT2D eigenvalue weighted by atomic mass is 10.2. The minimum atomic E-state index is -3.64. The maximum Gasteiger partial charge on any atom is 0.240 e. The zero-order valence-electron chi connectivity index (χ0n) is 11.6. The van der Waals surface area contributed by atoms with Gasteiger partial charge in [-0.3, -0.25) is 0 Å². The fourth-order valence-electron chi connectivity index (χ4n) is 1.78. The second kappa shape index (κ2) is 7.13. The lowest BCUT2D eigenvalue weighted by molar-refractivity contribution is 0.576. The number of halogens is 1. The Bertz CT molecular complexity index is 685. The number of benzene rings is 1. The minimum Gasteiger partial charge on any atom is -0.313 e. The highest BCUT2D eigenvalue weighted by Crippen LogP contribution is 2.16. The lowest BCUT2D eigenvalue weighted by Gasteiger charge is -2.09. The van der Waals surface area contributed by atoms with Gasteiger partial charge in [-0.25, -0.2) is 17.5 Å². The van der Waals surface area contributed by atoms with E-state index in [1.54, 1.807) is 0 Å². The molecule has 0 aliphatic rings. The van der Waals surface area contributed by atoms with Crippen molar-refractivity contribution in [3.63, 3.8) is 0 Å². The molecule has 0 spiro atoms. The number of hydrogen-bond donors (Lipinski definition) is 2. The summed E-state index contributed by atoms with van der Waals surface area (Å²) >= 11 is 1.48. The zero-order chi connectivity index (χ0) is 15.3. The van der Waals surface area contributed by atoms with E-state index in [1.165, 1.54) is 29.5 Å². The second-order valence-corrected chi connectivity index (χ2v) is 7.24. The molecule has 1 heterocycles. The van der Waals surface area contributed by atoms with E-state index in [0.29, 0.717) is 18.7 Å².